The number of thiazole rings is 1. The fraction of sp³-hybridized carbons (Fsp3) is 0.667. The monoisotopic (exact) mass is 262 g/mol. The van der Waals surface area contributed by atoms with Crippen LogP contribution >= 0.6 is 27.3 Å². The van der Waals surface area contributed by atoms with Crippen LogP contribution in [-0.2, 0) is 0 Å². The maximum absolute atomic E-state index is 4.20. The van der Waals surface area contributed by atoms with E-state index in [0.717, 1.165) is 3.92 Å². The summed E-state index contributed by atoms with van der Waals surface area (Å²) in [4.78, 5) is 6.56. The average Bonchev–Trinajstić information content (AvgIpc) is 2.34. The molecule has 0 saturated heterocycles. The Balaban J connectivity index is 2.88. The second-order valence-electron chi connectivity index (χ2n) is 3.55. The van der Waals surface area contributed by atoms with Crippen molar-refractivity contribution >= 4 is 32.3 Å². The van der Waals surface area contributed by atoms with Gasteiger partial charge in [-0.05, 0) is 43.6 Å². The summed E-state index contributed by atoms with van der Waals surface area (Å²) >= 11 is 5.06. The first-order valence-electron chi connectivity index (χ1n) is 4.42. The van der Waals surface area contributed by atoms with Crippen LogP contribution < -0.4 is 4.90 Å². The Labute approximate surface area is 92.1 Å². The molecule has 0 atom stereocenters. The number of hydrogen-bond acceptors (Lipinski definition) is 3. The minimum atomic E-state index is 0.521. The van der Waals surface area contributed by atoms with Crippen LogP contribution in [0.3, 0.4) is 0 Å². The van der Waals surface area contributed by atoms with E-state index in [1.165, 1.54) is 5.00 Å². The zero-order valence-electron chi connectivity index (χ0n) is 8.41. The fourth-order valence-corrected chi connectivity index (χ4v) is 2.98. The average molecular weight is 263 g/mol. The lowest BCUT2D eigenvalue weighted by atomic mass is 10.2. The van der Waals surface area contributed by atoms with E-state index >= 15 is 0 Å². The largest absolute Gasteiger partial charge is 0.357 e. The van der Waals surface area contributed by atoms with Gasteiger partial charge in [-0.3, -0.25) is 0 Å². The summed E-state index contributed by atoms with van der Waals surface area (Å²) in [5, 5.41) is 1.23. The molecule has 1 aromatic rings. The van der Waals surface area contributed by atoms with Gasteiger partial charge in [0.1, 0.15) is 5.00 Å². The molecule has 74 valence electrons. The summed E-state index contributed by atoms with van der Waals surface area (Å²) in [5.74, 6) is 0. The molecule has 0 spiro atoms. The fourth-order valence-electron chi connectivity index (χ4n) is 1.47. The molecule has 1 aromatic heterocycles. The van der Waals surface area contributed by atoms with Gasteiger partial charge in [-0.15, -0.1) is 0 Å². The predicted octanol–water partition coefficient (Wildman–Crippen LogP) is 3.53. The lowest BCUT2D eigenvalue weighted by molar-refractivity contribution is 0.612. The Morgan fingerprint density at radius 3 is 2.15 bits per heavy atom. The first-order valence-corrected chi connectivity index (χ1v) is 6.03. The van der Waals surface area contributed by atoms with E-state index in [1.54, 1.807) is 11.3 Å². The van der Waals surface area contributed by atoms with E-state index in [4.69, 9.17) is 0 Å². The van der Waals surface area contributed by atoms with Crippen molar-refractivity contribution in [2.75, 3.05) is 4.90 Å². The van der Waals surface area contributed by atoms with E-state index < -0.39 is 0 Å². The summed E-state index contributed by atoms with van der Waals surface area (Å²) in [6.07, 6.45) is 1.93. The van der Waals surface area contributed by atoms with Gasteiger partial charge in [0, 0.05) is 12.1 Å². The predicted molar refractivity (Wildman–Crippen MR) is 62.6 cm³/mol. The lowest BCUT2D eigenvalue weighted by Crippen LogP contribution is -2.36. The zero-order valence-corrected chi connectivity index (χ0v) is 10.8. The highest BCUT2D eigenvalue weighted by Crippen LogP contribution is 2.29. The van der Waals surface area contributed by atoms with Gasteiger partial charge in [0.05, 0.1) is 6.20 Å². The smallest absolute Gasteiger partial charge is 0.161 e. The van der Waals surface area contributed by atoms with Crippen LogP contribution in [0.25, 0.3) is 0 Å². The molecule has 2 nitrogen and oxygen atoms in total. The van der Waals surface area contributed by atoms with Crippen molar-refractivity contribution in [3.05, 3.63) is 10.1 Å². The molecule has 0 N–H and O–H groups in total. The van der Waals surface area contributed by atoms with Gasteiger partial charge in [-0.25, -0.2) is 4.98 Å². The van der Waals surface area contributed by atoms with Crippen LogP contribution in [0.2, 0.25) is 0 Å². The topological polar surface area (TPSA) is 16.1 Å². The van der Waals surface area contributed by atoms with E-state index in [1.807, 2.05) is 6.20 Å². The Morgan fingerprint density at radius 1 is 1.31 bits per heavy atom. The van der Waals surface area contributed by atoms with Crippen molar-refractivity contribution in [1.29, 1.82) is 0 Å². The molecular weight excluding hydrogens is 248 g/mol. The molecule has 0 aromatic carbocycles. The molecule has 0 saturated carbocycles. The summed E-state index contributed by atoms with van der Waals surface area (Å²) in [6.45, 7) is 8.81. The molecule has 0 fully saturated rings. The molecule has 0 radical (unpaired) electrons. The zero-order chi connectivity index (χ0) is 10.0. The summed E-state index contributed by atoms with van der Waals surface area (Å²) in [5.41, 5.74) is 0. The third kappa shape index (κ3) is 2.68. The van der Waals surface area contributed by atoms with Crippen LogP contribution in [0.1, 0.15) is 27.7 Å². The first kappa shape index (κ1) is 11.0. The highest BCUT2D eigenvalue weighted by Gasteiger charge is 2.16. The lowest BCUT2D eigenvalue weighted by Gasteiger charge is -2.30. The number of halogens is 1. The number of nitrogens with zero attached hydrogens (tertiary/aromatic N) is 2. The van der Waals surface area contributed by atoms with Gasteiger partial charge in [-0.2, -0.15) is 0 Å². The van der Waals surface area contributed by atoms with Crippen molar-refractivity contribution in [2.24, 2.45) is 0 Å². The van der Waals surface area contributed by atoms with E-state index in [0.29, 0.717) is 12.1 Å². The number of aromatic nitrogens is 1. The second-order valence-corrected chi connectivity index (χ2v) is 5.83. The van der Waals surface area contributed by atoms with Crippen LogP contribution in [0.4, 0.5) is 5.00 Å². The molecule has 0 aliphatic rings. The molecule has 0 amide bonds. The third-order valence-corrected chi connectivity index (χ3v) is 3.32. The third-order valence-electron chi connectivity index (χ3n) is 1.83. The summed E-state index contributed by atoms with van der Waals surface area (Å²) in [6, 6.07) is 1.04. The molecule has 4 heteroatoms. The van der Waals surface area contributed by atoms with Crippen molar-refractivity contribution in [1.82, 2.24) is 4.98 Å². The van der Waals surface area contributed by atoms with Gasteiger partial charge in [0.15, 0.2) is 3.92 Å². The van der Waals surface area contributed by atoms with Crippen molar-refractivity contribution in [2.45, 2.75) is 39.8 Å². The van der Waals surface area contributed by atoms with E-state index in [-0.39, 0.29) is 0 Å². The molecule has 0 bridgehead atoms. The van der Waals surface area contributed by atoms with Crippen LogP contribution in [-0.4, -0.2) is 17.1 Å². The molecule has 0 aliphatic carbocycles. The first-order chi connectivity index (χ1) is 6.02. The normalized spacial score (nSPS) is 11.3. The molecule has 1 rings (SSSR count). The molecular formula is C9H15BrN2S. The van der Waals surface area contributed by atoms with E-state index in [2.05, 4.69) is 53.5 Å². The highest BCUT2D eigenvalue weighted by atomic mass is 79.9. The number of rotatable bonds is 3. The number of hydrogen-bond donors (Lipinski definition) is 0. The second kappa shape index (κ2) is 4.42. The van der Waals surface area contributed by atoms with Crippen molar-refractivity contribution in [3.8, 4) is 0 Å². The summed E-state index contributed by atoms with van der Waals surface area (Å²) in [7, 11) is 0. The van der Waals surface area contributed by atoms with E-state index in [9.17, 15) is 0 Å². The van der Waals surface area contributed by atoms with Crippen LogP contribution in [0.15, 0.2) is 10.1 Å². The van der Waals surface area contributed by atoms with Gasteiger partial charge in [-0.1, -0.05) is 11.3 Å². The Morgan fingerprint density at radius 2 is 1.85 bits per heavy atom. The SMILES string of the molecule is CC(C)N(c1cnc(Br)s1)C(C)C. The van der Waals surface area contributed by atoms with Gasteiger partial charge < -0.3 is 4.90 Å². The van der Waals surface area contributed by atoms with Crippen LogP contribution in [0, 0.1) is 0 Å². The highest BCUT2D eigenvalue weighted by molar-refractivity contribution is 9.11. The minimum Gasteiger partial charge on any atom is -0.357 e. The van der Waals surface area contributed by atoms with Crippen molar-refractivity contribution < 1.29 is 0 Å². The Hall–Kier alpha value is -0.0900. The van der Waals surface area contributed by atoms with Gasteiger partial charge >= 0.3 is 0 Å². The molecule has 1 heterocycles. The number of anilines is 1. The molecule has 13 heavy (non-hydrogen) atoms. The maximum Gasteiger partial charge on any atom is 0.161 e. The van der Waals surface area contributed by atoms with Gasteiger partial charge in [0.2, 0.25) is 0 Å². The van der Waals surface area contributed by atoms with Crippen LogP contribution in [0.5, 0.6) is 0 Å². The standard InChI is InChI=1S/C9H15BrN2S/c1-6(2)12(7(3)4)8-5-11-9(10)13-8/h5-7H,1-4H3. The van der Waals surface area contributed by atoms with Crippen molar-refractivity contribution in [3.63, 3.8) is 0 Å². The quantitative estimate of drug-likeness (QED) is 0.829. The molecule has 0 aliphatic heterocycles. The Kier molecular flexibility index (Phi) is 3.74. The van der Waals surface area contributed by atoms with Gasteiger partial charge in [0.25, 0.3) is 0 Å². The maximum atomic E-state index is 4.20. The minimum absolute atomic E-state index is 0.521. The summed E-state index contributed by atoms with van der Waals surface area (Å²) < 4.78 is 0.953. The Bertz CT molecular complexity index is 262. The molecule has 0 unspecified atom stereocenters.